The van der Waals surface area contributed by atoms with Crippen LogP contribution in [0.2, 0.25) is 0 Å². The average molecular weight is 304 g/mol. The van der Waals surface area contributed by atoms with E-state index in [1.54, 1.807) is 18.3 Å². The average Bonchev–Trinajstić information content (AvgIpc) is 2.89. The van der Waals surface area contributed by atoms with Crippen LogP contribution in [0.25, 0.3) is 11.0 Å². The first-order valence-corrected chi connectivity index (χ1v) is 7.34. The molecule has 22 heavy (non-hydrogen) atoms. The van der Waals surface area contributed by atoms with Crippen molar-refractivity contribution in [3.8, 4) is 5.75 Å². The quantitative estimate of drug-likeness (QED) is 0.890. The largest absolute Gasteiger partial charge is 0.497 e. The van der Waals surface area contributed by atoms with Gasteiger partial charge in [-0.15, -0.1) is 0 Å². The number of nitrogens with two attached hydrogens (primary N) is 1. The molecule has 0 aliphatic rings. The molecule has 5 nitrogen and oxygen atoms in total. The molecule has 0 unspecified atom stereocenters. The van der Waals surface area contributed by atoms with Gasteiger partial charge in [-0.05, 0) is 24.1 Å². The first-order chi connectivity index (χ1) is 10.4. The topological polar surface area (TPSA) is 68.7 Å². The van der Waals surface area contributed by atoms with Crippen molar-refractivity contribution in [2.45, 2.75) is 20.3 Å². The summed E-state index contributed by atoms with van der Waals surface area (Å²) in [7, 11) is 3.42. The van der Waals surface area contributed by atoms with Crippen LogP contribution in [0.15, 0.2) is 28.9 Å². The van der Waals surface area contributed by atoms with Crippen LogP contribution in [0.4, 0.5) is 0 Å². The number of likely N-dealkylation sites (N-methyl/N-ethyl adjacent to an activating group) is 1. The van der Waals surface area contributed by atoms with Crippen LogP contribution < -0.4 is 10.5 Å². The van der Waals surface area contributed by atoms with Gasteiger partial charge in [0, 0.05) is 30.6 Å². The lowest BCUT2D eigenvalue weighted by Gasteiger charge is -2.29. The Hall–Kier alpha value is -2.01. The number of fused-ring (bicyclic) bond motifs is 1. The zero-order chi connectivity index (χ0) is 16.3. The highest BCUT2D eigenvalue weighted by molar-refractivity contribution is 5.88. The molecule has 2 N–H and O–H groups in total. The van der Waals surface area contributed by atoms with E-state index in [0.29, 0.717) is 19.5 Å². The summed E-state index contributed by atoms with van der Waals surface area (Å²) in [5.41, 5.74) is 7.26. The lowest BCUT2D eigenvalue weighted by molar-refractivity contribution is -0.130. The van der Waals surface area contributed by atoms with Gasteiger partial charge in [-0.1, -0.05) is 13.8 Å². The van der Waals surface area contributed by atoms with E-state index in [1.165, 1.54) is 0 Å². The molecule has 1 heterocycles. The summed E-state index contributed by atoms with van der Waals surface area (Å²) in [5.74, 6) is 0.793. The molecule has 120 valence electrons. The minimum atomic E-state index is -0.0871. The lowest BCUT2D eigenvalue weighted by atomic mass is 9.93. The number of hydrogen-bond acceptors (Lipinski definition) is 4. The van der Waals surface area contributed by atoms with Crippen molar-refractivity contribution in [2.24, 2.45) is 11.1 Å². The van der Waals surface area contributed by atoms with Gasteiger partial charge in [-0.25, -0.2) is 0 Å². The molecule has 2 rings (SSSR count). The van der Waals surface area contributed by atoms with Gasteiger partial charge in [0.05, 0.1) is 19.8 Å². The monoisotopic (exact) mass is 304 g/mol. The number of rotatable bonds is 6. The molecule has 0 atom stereocenters. The van der Waals surface area contributed by atoms with Crippen molar-refractivity contribution in [2.75, 3.05) is 27.2 Å². The van der Waals surface area contributed by atoms with Gasteiger partial charge < -0.3 is 19.8 Å². The number of furan rings is 1. The van der Waals surface area contributed by atoms with Crippen LogP contribution in [-0.4, -0.2) is 38.1 Å². The number of benzene rings is 1. The SMILES string of the molecule is COc1ccc2c(CC(=O)N(C)CC(C)(C)CN)coc2c1. The summed E-state index contributed by atoms with van der Waals surface area (Å²) in [6.45, 7) is 5.28. The third kappa shape index (κ3) is 3.60. The molecule has 2 aromatic rings. The summed E-state index contributed by atoms with van der Waals surface area (Å²) >= 11 is 0. The molecule has 0 bridgehead atoms. The Balaban J connectivity index is 2.12. The molecule has 0 radical (unpaired) electrons. The second-order valence-corrected chi connectivity index (χ2v) is 6.42. The molecule has 1 aromatic carbocycles. The van der Waals surface area contributed by atoms with E-state index in [0.717, 1.165) is 22.3 Å². The molecule has 1 aromatic heterocycles. The zero-order valence-electron chi connectivity index (χ0n) is 13.7. The summed E-state index contributed by atoms with van der Waals surface area (Å²) in [6, 6.07) is 5.61. The Labute approximate surface area is 131 Å². The van der Waals surface area contributed by atoms with Gasteiger partial charge in [0.25, 0.3) is 0 Å². The number of nitrogens with zero attached hydrogens (tertiary/aromatic N) is 1. The smallest absolute Gasteiger partial charge is 0.226 e. The minimum absolute atomic E-state index is 0.0556. The number of ether oxygens (including phenoxy) is 1. The third-order valence-electron chi connectivity index (χ3n) is 3.85. The molecular formula is C17H24N2O3. The summed E-state index contributed by atoms with van der Waals surface area (Å²) < 4.78 is 10.7. The first-order valence-electron chi connectivity index (χ1n) is 7.34. The van der Waals surface area contributed by atoms with Crippen molar-refractivity contribution in [3.63, 3.8) is 0 Å². The van der Waals surface area contributed by atoms with Crippen LogP contribution in [0.3, 0.4) is 0 Å². The molecule has 0 spiro atoms. The zero-order valence-corrected chi connectivity index (χ0v) is 13.7. The van der Waals surface area contributed by atoms with Crippen molar-refractivity contribution in [1.29, 1.82) is 0 Å². The van der Waals surface area contributed by atoms with E-state index in [1.807, 2.05) is 25.2 Å². The standard InChI is InChI=1S/C17H24N2O3/c1-17(2,10-18)11-19(3)16(20)7-12-9-22-15-8-13(21-4)5-6-14(12)15/h5-6,8-9H,7,10-11,18H2,1-4H3. The number of carbonyl (C=O) groups is 1. The molecule has 1 amide bonds. The van der Waals surface area contributed by atoms with E-state index in [9.17, 15) is 4.79 Å². The molecule has 0 aliphatic heterocycles. The Morgan fingerprint density at radius 3 is 2.77 bits per heavy atom. The van der Waals surface area contributed by atoms with Crippen LogP contribution in [0, 0.1) is 5.41 Å². The fourth-order valence-corrected chi connectivity index (χ4v) is 2.42. The summed E-state index contributed by atoms with van der Waals surface area (Å²) in [6.07, 6.45) is 1.96. The maximum absolute atomic E-state index is 12.4. The fraction of sp³-hybridized carbons (Fsp3) is 0.471. The lowest BCUT2D eigenvalue weighted by Crippen LogP contribution is -2.40. The normalized spacial score (nSPS) is 11.7. The van der Waals surface area contributed by atoms with Crippen molar-refractivity contribution in [1.82, 2.24) is 4.90 Å². The Morgan fingerprint density at radius 2 is 2.14 bits per heavy atom. The third-order valence-corrected chi connectivity index (χ3v) is 3.85. The Morgan fingerprint density at radius 1 is 1.41 bits per heavy atom. The van der Waals surface area contributed by atoms with Gasteiger partial charge in [0.15, 0.2) is 0 Å². The van der Waals surface area contributed by atoms with Gasteiger partial charge in [-0.3, -0.25) is 4.79 Å². The van der Waals surface area contributed by atoms with Crippen LogP contribution in [0.5, 0.6) is 5.75 Å². The van der Waals surface area contributed by atoms with Gasteiger partial charge in [-0.2, -0.15) is 0 Å². The maximum Gasteiger partial charge on any atom is 0.226 e. The highest BCUT2D eigenvalue weighted by atomic mass is 16.5. The van der Waals surface area contributed by atoms with Gasteiger partial charge in [0.2, 0.25) is 5.91 Å². The van der Waals surface area contributed by atoms with Gasteiger partial charge in [0.1, 0.15) is 11.3 Å². The second kappa shape index (κ2) is 6.40. The Kier molecular flexibility index (Phi) is 4.76. The highest BCUT2D eigenvalue weighted by Gasteiger charge is 2.22. The van der Waals surface area contributed by atoms with Crippen LogP contribution >= 0.6 is 0 Å². The molecule has 5 heteroatoms. The fourth-order valence-electron chi connectivity index (χ4n) is 2.42. The van der Waals surface area contributed by atoms with E-state index in [-0.39, 0.29) is 11.3 Å². The van der Waals surface area contributed by atoms with Crippen LogP contribution in [-0.2, 0) is 11.2 Å². The van der Waals surface area contributed by atoms with E-state index in [4.69, 9.17) is 14.9 Å². The predicted octanol–water partition coefficient (Wildman–Crippen LogP) is 2.43. The number of methoxy groups -OCH3 is 1. The summed E-state index contributed by atoms with van der Waals surface area (Å²) in [5, 5.41) is 0.945. The predicted molar refractivity (Wildman–Crippen MR) is 86.9 cm³/mol. The van der Waals surface area contributed by atoms with Crippen LogP contribution in [0.1, 0.15) is 19.4 Å². The highest BCUT2D eigenvalue weighted by Crippen LogP contribution is 2.26. The number of carbonyl (C=O) groups excluding carboxylic acids is 1. The summed E-state index contributed by atoms with van der Waals surface area (Å²) in [4.78, 5) is 14.1. The number of hydrogen-bond donors (Lipinski definition) is 1. The van der Waals surface area contributed by atoms with Crippen molar-refractivity contribution >= 4 is 16.9 Å². The molecule has 0 saturated heterocycles. The minimum Gasteiger partial charge on any atom is -0.497 e. The van der Waals surface area contributed by atoms with E-state index >= 15 is 0 Å². The first kappa shape index (κ1) is 16.4. The molecule has 0 aliphatic carbocycles. The maximum atomic E-state index is 12.4. The molecule has 0 saturated carbocycles. The molecular weight excluding hydrogens is 280 g/mol. The Bertz CT molecular complexity index is 661. The van der Waals surface area contributed by atoms with Crippen molar-refractivity contribution < 1.29 is 13.9 Å². The van der Waals surface area contributed by atoms with E-state index in [2.05, 4.69) is 13.8 Å². The van der Waals surface area contributed by atoms with E-state index < -0.39 is 0 Å². The molecule has 0 fully saturated rings. The number of amides is 1. The second-order valence-electron chi connectivity index (χ2n) is 6.42. The van der Waals surface area contributed by atoms with Gasteiger partial charge >= 0.3 is 0 Å². The van der Waals surface area contributed by atoms with Crippen molar-refractivity contribution in [3.05, 3.63) is 30.0 Å².